The van der Waals surface area contributed by atoms with Crippen LogP contribution in [0.25, 0.3) is 11.1 Å². The third-order valence-corrected chi connectivity index (χ3v) is 5.39. The second-order valence-electron chi connectivity index (χ2n) is 6.51. The molecule has 1 aromatic carbocycles. The van der Waals surface area contributed by atoms with Gasteiger partial charge in [0, 0.05) is 23.5 Å². The van der Waals surface area contributed by atoms with Crippen molar-refractivity contribution in [2.45, 2.75) is 6.61 Å². The Bertz CT molecular complexity index is 1340. The van der Waals surface area contributed by atoms with Gasteiger partial charge < -0.3 is 9.47 Å². The predicted octanol–water partition coefficient (Wildman–Crippen LogP) is 4.36. The molecule has 0 aliphatic rings. The lowest BCUT2D eigenvalue weighted by Crippen LogP contribution is -2.14. The predicted molar refractivity (Wildman–Crippen MR) is 122 cm³/mol. The number of hydrogen-bond donors (Lipinski definition) is 1. The molecule has 3 aromatic heterocycles. The van der Waals surface area contributed by atoms with Gasteiger partial charge in [-0.05, 0) is 35.6 Å². The number of nitrogens with zero attached hydrogens (tertiary/aromatic N) is 5. The van der Waals surface area contributed by atoms with Crippen LogP contribution in [0.5, 0.6) is 10.9 Å². The van der Waals surface area contributed by atoms with Crippen molar-refractivity contribution in [1.82, 2.24) is 20.2 Å². The van der Waals surface area contributed by atoms with Gasteiger partial charge in [-0.2, -0.15) is 5.26 Å². The quantitative estimate of drug-likeness (QED) is 0.415. The molecule has 0 saturated heterocycles. The van der Waals surface area contributed by atoms with Gasteiger partial charge in [0.25, 0.3) is 11.1 Å². The molecule has 1 amide bonds. The Morgan fingerprint density at radius 3 is 2.76 bits per heavy atom. The molecule has 164 valence electrons. The summed E-state index contributed by atoms with van der Waals surface area (Å²) in [5.41, 5.74) is 2.26. The van der Waals surface area contributed by atoms with Crippen molar-refractivity contribution in [3.63, 3.8) is 0 Å². The van der Waals surface area contributed by atoms with Crippen LogP contribution in [0.4, 0.5) is 5.13 Å². The zero-order valence-electron chi connectivity index (χ0n) is 17.2. The van der Waals surface area contributed by atoms with Gasteiger partial charge in [0.1, 0.15) is 24.1 Å². The molecule has 33 heavy (non-hydrogen) atoms. The van der Waals surface area contributed by atoms with Gasteiger partial charge in [-0.15, -0.1) is 5.10 Å². The summed E-state index contributed by atoms with van der Waals surface area (Å²) in [5, 5.41) is 20.9. The second-order valence-corrected chi connectivity index (χ2v) is 7.89. The minimum Gasteiger partial charge on any atom is -0.496 e. The number of anilines is 1. The summed E-state index contributed by atoms with van der Waals surface area (Å²) < 4.78 is 11.0. The molecule has 0 aliphatic carbocycles. The molecule has 0 atom stereocenters. The maximum Gasteiger partial charge on any atom is 0.296 e. The Balaban J connectivity index is 1.53. The molecular formula is C22H15ClN6O3S. The van der Waals surface area contributed by atoms with E-state index in [1.165, 1.54) is 19.5 Å². The number of benzene rings is 1. The number of carbonyl (C=O) groups is 1. The van der Waals surface area contributed by atoms with Gasteiger partial charge in [0.05, 0.1) is 23.4 Å². The number of nitrogens with one attached hydrogen (secondary N) is 1. The standard InChI is InChI=1S/C22H15ClN6O3S/c1-31-19-5-3-2-4-16(19)17-8-15(9-24)26-11-18(17)20(30)27-21-28-29-22(33-21)32-12-14-7-6-13(23)10-25-14/h2-8,10-11H,12H2,1H3,(H,27,28,30). The third kappa shape index (κ3) is 5.23. The highest BCUT2D eigenvalue weighted by Crippen LogP contribution is 2.33. The normalized spacial score (nSPS) is 10.3. The fourth-order valence-electron chi connectivity index (χ4n) is 2.90. The maximum atomic E-state index is 13.0. The molecule has 0 radical (unpaired) electrons. The zero-order chi connectivity index (χ0) is 23.2. The number of hydrogen-bond acceptors (Lipinski definition) is 9. The van der Waals surface area contributed by atoms with Gasteiger partial charge in [0.15, 0.2) is 0 Å². The molecular weight excluding hydrogens is 464 g/mol. The minimum absolute atomic E-state index is 0.176. The fraction of sp³-hybridized carbons (Fsp3) is 0.0909. The van der Waals surface area contributed by atoms with E-state index in [0.717, 1.165) is 11.3 Å². The van der Waals surface area contributed by atoms with E-state index < -0.39 is 5.91 Å². The summed E-state index contributed by atoms with van der Waals surface area (Å²) in [6.07, 6.45) is 2.87. The van der Waals surface area contributed by atoms with Crippen LogP contribution in [-0.2, 0) is 6.61 Å². The average Bonchev–Trinajstić information content (AvgIpc) is 3.30. The van der Waals surface area contributed by atoms with Gasteiger partial charge in [-0.1, -0.05) is 34.9 Å². The van der Waals surface area contributed by atoms with Crippen LogP contribution in [-0.4, -0.2) is 33.2 Å². The molecule has 11 heteroatoms. The van der Waals surface area contributed by atoms with E-state index in [1.807, 2.05) is 18.2 Å². The summed E-state index contributed by atoms with van der Waals surface area (Å²) >= 11 is 6.89. The topological polar surface area (TPSA) is 123 Å². The van der Waals surface area contributed by atoms with E-state index in [4.69, 9.17) is 21.1 Å². The molecule has 9 nitrogen and oxygen atoms in total. The summed E-state index contributed by atoms with van der Waals surface area (Å²) in [7, 11) is 1.54. The smallest absolute Gasteiger partial charge is 0.296 e. The fourth-order valence-corrected chi connectivity index (χ4v) is 3.60. The summed E-state index contributed by atoms with van der Waals surface area (Å²) in [5.74, 6) is 0.0963. The van der Waals surface area contributed by atoms with Gasteiger partial charge in [-0.3, -0.25) is 15.1 Å². The molecule has 0 saturated carbocycles. The lowest BCUT2D eigenvalue weighted by Gasteiger charge is -2.12. The molecule has 0 bridgehead atoms. The summed E-state index contributed by atoms with van der Waals surface area (Å²) in [6, 6.07) is 14.2. The average molecular weight is 479 g/mol. The van der Waals surface area contributed by atoms with Crippen LogP contribution in [0.3, 0.4) is 0 Å². The number of para-hydroxylation sites is 1. The lowest BCUT2D eigenvalue weighted by molar-refractivity contribution is 0.102. The Hall–Kier alpha value is -4.07. The SMILES string of the molecule is COc1ccccc1-c1cc(C#N)ncc1C(=O)Nc1nnc(OCc2ccc(Cl)cn2)s1. The summed E-state index contributed by atoms with van der Waals surface area (Å²) in [6.45, 7) is 0.178. The number of amides is 1. The van der Waals surface area contributed by atoms with Crippen molar-refractivity contribution in [3.8, 4) is 28.1 Å². The first kappa shape index (κ1) is 22.1. The number of pyridine rings is 2. The van der Waals surface area contributed by atoms with Crippen molar-refractivity contribution in [3.05, 3.63) is 76.8 Å². The minimum atomic E-state index is -0.463. The van der Waals surface area contributed by atoms with Gasteiger partial charge >= 0.3 is 0 Å². The molecule has 0 spiro atoms. The highest BCUT2D eigenvalue weighted by atomic mass is 35.5. The summed E-state index contributed by atoms with van der Waals surface area (Å²) in [4.78, 5) is 21.2. The number of carbonyl (C=O) groups excluding carboxylic acids is 1. The van der Waals surface area contributed by atoms with E-state index in [9.17, 15) is 10.1 Å². The second kappa shape index (κ2) is 10.0. The van der Waals surface area contributed by atoms with Crippen molar-refractivity contribution in [2.24, 2.45) is 0 Å². The van der Waals surface area contributed by atoms with Crippen LogP contribution in [0.2, 0.25) is 5.02 Å². The number of nitriles is 1. The highest BCUT2D eigenvalue weighted by Gasteiger charge is 2.19. The van der Waals surface area contributed by atoms with Gasteiger partial charge in [0.2, 0.25) is 5.13 Å². The number of rotatable bonds is 7. The first-order valence-corrected chi connectivity index (χ1v) is 10.7. The number of ether oxygens (including phenoxy) is 2. The van der Waals surface area contributed by atoms with Gasteiger partial charge in [-0.25, -0.2) is 4.98 Å². The van der Waals surface area contributed by atoms with Crippen molar-refractivity contribution in [1.29, 1.82) is 5.26 Å². The largest absolute Gasteiger partial charge is 0.496 e. The molecule has 4 rings (SSSR count). The van der Waals surface area contributed by atoms with Crippen molar-refractivity contribution in [2.75, 3.05) is 12.4 Å². The molecule has 4 aromatic rings. The van der Waals surface area contributed by atoms with E-state index >= 15 is 0 Å². The van der Waals surface area contributed by atoms with Crippen LogP contribution < -0.4 is 14.8 Å². The maximum absolute atomic E-state index is 13.0. The Kier molecular flexibility index (Phi) is 6.73. The molecule has 0 aliphatic heterocycles. The zero-order valence-corrected chi connectivity index (χ0v) is 18.7. The van der Waals surface area contributed by atoms with E-state index in [1.54, 1.807) is 30.3 Å². The van der Waals surface area contributed by atoms with Crippen molar-refractivity contribution >= 4 is 34.0 Å². The third-order valence-electron chi connectivity index (χ3n) is 4.42. The first-order chi connectivity index (χ1) is 16.1. The van der Waals surface area contributed by atoms with E-state index in [0.29, 0.717) is 27.6 Å². The Morgan fingerprint density at radius 1 is 1.15 bits per heavy atom. The van der Waals surface area contributed by atoms with Crippen LogP contribution in [0.15, 0.2) is 54.9 Å². The molecule has 3 heterocycles. The Morgan fingerprint density at radius 2 is 2.00 bits per heavy atom. The Labute approximate surface area is 197 Å². The molecule has 0 unspecified atom stereocenters. The van der Waals surface area contributed by atoms with Crippen LogP contribution in [0, 0.1) is 11.3 Å². The number of halogens is 1. The van der Waals surface area contributed by atoms with E-state index in [-0.39, 0.29) is 28.2 Å². The van der Waals surface area contributed by atoms with Crippen LogP contribution >= 0.6 is 22.9 Å². The monoisotopic (exact) mass is 478 g/mol. The number of aromatic nitrogens is 4. The molecule has 1 N–H and O–H groups in total. The van der Waals surface area contributed by atoms with E-state index in [2.05, 4.69) is 25.5 Å². The van der Waals surface area contributed by atoms with Crippen molar-refractivity contribution < 1.29 is 14.3 Å². The first-order valence-electron chi connectivity index (χ1n) is 9.49. The van der Waals surface area contributed by atoms with Crippen LogP contribution in [0.1, 0.15) is 21.7 Å². The lowest BCUT2D eigenvalue weighted by atomic mass is 9.99. The molecule has 0 fully saturated rings. The number of methoxy groups -OCH3 is 1. The highest BCUT2D eigenvalue weighted by molar-refractivity contribution is 7.17.